The number of nitrogens with zero attached hydrogens (tertiary/aromatic N) is 4. The van der Waals surface area contributed by atoms with Gasteiger partial charge in [0.1, 0.15) is 23.7 Å². The molecule has 0 radical (unpaired) electrons. The van der Waals surface area contributed by atoms with Crippen LogP contribution < -0.4 is 10.8 Å². The van der Waals surface area contributed by atoms with E-state index in [9.17, 15) is 19.3 Å². The number of nitrogens with two attached hydrogens (primary N) is 1. The highest BCUT2D eigenvalue weighted by molar-refractivity contribution is 7.56. The summed E-state index contributed by atoms with van der Waals surface area (Å²) in [6, 6.07) is 6.40. The van der Waals surface area contributed by atoms with E-state index in [-0.39, 0.29) is 30.9 Å². The number of nitrogens with one attached hydrogen (secondary N) is 1. The lowest BCUT2D eigenvalue weighted by Crippen LogP contribution is -2.47. The third kappa shape index (κ3) is 8.30. The zero-order chi connectivity index (χ0) is 28.6. The Labute approximate surface area is 226 Å². The number of fused-ring (bicyclic) bond motifs is 1. The van der Waals surface area contributed by atoms with Crippen LogP contribution >= 0.6 is 7.52 Å². The summed E-state index contributed by atoms with van der Waals surface area (Å²) in [6.45, 7) is 7.34. The van der Waals surface area contributed by atoms with E-state index in [0.29, 0.717) is 36.1 Å². The summed E-state index contributed by atoms with van der Waals surface area (Å²) in [6.07, 6.45) is 3.08. The van der Waals surface area contributed by atoms with E-state index in [2.05, 4.69) is 20.0 Å². The van der Waals surface area contributed by atoms with E-state index in [1.807, 2.05) is 6.92 Å². The highest BCUT2D eigenvalue weighted by Crippen LogP contribution is 2.45. The van der Waals surface area contributed by atoms with Crippen molar-refractivity contribution in [3.05, 3.63) is 48.0 Å². The van der Waals surface area contributed by atoms with Crippen LogP contribution in [0.3, 0.4) is 0 Å². The van der Waals surface area contributed by atoms with E-state index >= 15 is 0 Å². The first-order chi connectivity index (χ1) is 18.4. The number of esters is 1. The first kappa shape index (κ1) is 30.2. The highest BCUT2D eigenvalue weighted by Gasteiger charge is 2.38. The number of benzene rings is 1. The lowest BCUT2D eigenvalue weighted by molar-refractivity contribution is -0.149. The van der Waals surface area contributed by atoms with Gasteiger partial charge in [0, 0.05) is 0 Å². The number of nitrogen functional groups attached to an aromatic ring is 1. The first-order valence-electron chi connectivity index (χ1n) is 12.5. The number of carbonyl (C=O) groups excluding carboxylic acids is 1. The van der Waals surface area contributed by atoms with Crippen LogP contribution in [0.5, 0.6) is 0 Å². The number of carbonyl (C=O) groups is 2. The molecule has 2 atom stereocenters. The van der Waals surface area contributed by atoms with Gasteiger partial charge in [0.15, 0.2) is 11.5 Å². The van der Waals surface area contributed by atoms with Crippen LogP contribution in [0.4, 0.5) is 5.82 Å². The molecular formula is C25H35N6O7P. The fourth-order valence-corrected chi connectivity index (χ4v) is 5.69. The smallest absolute Gasteiger partial charge is 0.335 e. The molecule has 4 N–H and O–H groups in total. The monoisotopic (exact) mass is 562 g/mol. The lowest BCUT2D eigenvalue weighted by Gasteiger charge is -2.30. The fourth-order valence-electron chi connectivity index (χ4n) is 3.71. The molecule has 0 aliphatic carbocycles. The largest absolute Gasteiger partial charge is 0.478 e. The second-order valence-corrected chi connectivity index (χ2v) is 11.7. The molecule has 39 heavy (non-hydrogen) atoms. The molecule has 0 bridgehead atoms. The van der Waals surface area contributed by atoms with Crippen molar-refractivity contribution in [1.82, 2.24) is 24.6 Å². The maximum atomic E-state index is 13.9. The van der Waals surface area contributed by atoms with E-state index in [1.54, 1.807) is 43.8 Å². The second-order valence-electron chi connectivity index (χ2n) is 9.57. The quantitative estimate of drug-likeness (QED) is 0.182. The third-order valence-electron chi connectivity index (χ3n) is 5.67. The third-order valence-corrected chi connectivity index (χ3v) is 7.66. The Hall–Kier alpha value is -3.38. The molecule has 1 aromatic carbocycles. The summed E-state index contributed by atoms with van der Waals surface area (Å²) >= 11 is 0. The molecular weight excluding hydrogens is 527 g/mol. The van der Waals surface area contributed by atoms with Crippen LogP contribution in [0.2, 0.25) is 0 Å². The lowest BCUT2D eigenvalue weighted by atomic mass is 10.1. The average Bonchev–Trinajstić information content (AvgIpc) is 3.30. The minimum absolute atomic E-state index is 0.00641. The SMILES string of the molecule is CCCOC(=O)C(C)(C)N[P@](=O)(CO[C@H](C)Cn1cnc2c(N)ncnc21)OCCc1cccc(C(=O)O)c1. The van der Waals surface area contributed by atoms with Gasteiger partial charge < -0.3 is 29.4 Å². The summed E-state index contributed by atoms with van der Waals surface area (Å²) in [4.78, 5) is 36.3. The predicted molar refractivity (Wildman–Crippen MR) is 144 cm³/mol. The Bertz CT molecular complexity index is 1350. The molecule has 0 amide bonds. The van der Waals surface area contributed by atoms with Gasteiger partial charge in [-0.15, -0.1) is 0 Å². The standard InChI is InChI=1S/C25H35N6O7P/c1-5-10-36-24(34)25(3,4)30-39(35,38-11-9-18-7-6-8-19(12-18)23(32)33)16-37-17(2)13-31-15-29-20-21(26)27-14-28-22(20)31/h6-8,12,14-15,17H,5,9-11,13,16H2,1-4H3,(H,30,35)(H,32,33)(H2,26,27,28)/t17-,39+/m1/s1. The molecule has 0 unspecified atom stereocenters. The maximum absolute atomic E-state index is 13.9. The van der Waals surface area contributed by atoms with Crippen molar-refractivity contribution < 1.29 is 33.3 Å². The van der Waals surface area contributed by atoms with Gasteiger partial charge in [0.25, 0.3) is 7.52 Å². The van der Waals surface area contributed by atoms with E-state index in [1.165, 1.54) is 18.5 Å². The number of aromatic carboxylic acids is 1. The maximum Gasteiger partial charge on any atom is 0.335 e. The molecule has 0 aliphatic heterocycles. The number of hydrogen-bond donors (Lipinski definition) is 3. The number of hydrogen-bond acceptors (Lipinski definition) is 10. The highest BCUT2D eigenvalue weighted by atomic mass is 31.2. The van der Waals surface area contributed by atoms with Crippen LogP contribution in [0.15, 0.2) is 36.9 Å². The minimum Gasteiger partial charge on any atom is -0.478 e. The molecule has 0 fully saturated rings. The molecule has 0 saturated heterocycles. The predicted octanol–water partition coefficient (Wildman–Crippen LogP) is 3.24. The fraction of sp³-hybridized carbons (Fsp3) is 0.480. The first-order valence-corrected chi connectivity index (χ1v) is 14.3. The molecule has 0 spiro atoms. The van der Waals surface area contributed by atoms with E-state index in [4.69, 9.17) is 19.7 Å². The zero-order valence-corrected chi connectivity index (χ0v) is 23.4. The number of imidazole rings is 1. The van der Waals surface area contributed by atoms with Gasteiger partial charge in [-0.3, -0.25) is 9.36 Å². The molecule has 14 heteroatoms. The van der Waals surface area contributed by atoms with Crippen LogP contribution in [-0.2, 0) is 36.3 Å². The van der Waals surface area contributed by atoms with Crippen molar-refractivity contribution in [3.8, 4) is 0 Å². The normalized spacial score (nSPS) is 14.2. The van der Waals surface area contributed by atoms with Gasteiger partial charge in [-0.05, 0) is 51.3 Å². The number of ether oxygens (including phenoxy) is 2. The molecule has 3 rings (SSSR count). The summed E-state index contributed by atoms with van der Waals surface area (Å²) < 4.78 is 32.6. The van der Waals surface area contributed by atoms with Crippen molar-refractivity contribution in [2.75, 3.05) is 25.3 Å². The van der Waals surface area contributed by atoms with Gasteiger partial charge in [-0.1, -0.05) is 19.1 Å². The zero-order valence-electron chi connectivity index (χ0n) is 22.5. The van der Waals surface area contributed by atoms with Crippen molar-refractivity contribution in [2.24, 2.45) is 0 Å². The topological polar surface area (TPSA) is 181 Å². The van der Waals surface area contributed by atoms with E-state index in [0.717, 1.165) is 0 Å². The molecule has 3 aromatic rings. The molecule has 0 aliphatic rings. The summed E-state index contributed by atoms with van der Waals surface area (Å²) in [5, 5.41) is 12.1. The molecule has 2 aromatic heterocycles. The number of carboxylic acid groups (broad SMARTS) is 1. The molecule has 2 heterocycles. The summed E-state index contributed by atoms with van der Waals surface area (Å²) in [5.74, 6) is -1.35. The minimum atomic E-state index is -3.75. The molecule has 212 valence electrons. The average molecular weight is 563 g/mol. The van der Waals surface area contributed by atoms with Gasteiger partial charge in [0.2, 0.25) is 0 Å². The van der Waals surface area contributed by atoms with Crippen molar-refractivity contribution in [1.29, 1.82) is 0 Å². The van der Waals surface area contributed by atoms with Crippen molar-refractivity contribution in [3.63, 3.8) is 0 Å². The van der Waals surface area contributed by atoms with Crippen LogP contribution in [0, 0.1) is 0 Å². The summed E-state index contributed by atoms with van der Waals surface area (Å²) in [5.41, 5.74) is 6.39. The Balaban J connectivity index is 1.70. The molecule has 0 saturated carbocycles. The van der Waals surface area contributed by atoms with Gasteiger partial charge in [-0.2, -0.15) is 0 Å². The Morgan fingerprint density at radius 1 is 1.23 bits per heavy atom. The van der Waals surface area contributed by atoms with Crippen LogP contribution in [-0.4, -0.2) is 67.8 Å². The van der Waals surface area contributed by atoms with Gasteiger partial charge in [0.05, 0.1) is 37.8 Å². The number of aromatic nitrogens is 4. The van der Waals surface area contributed by atoms with Crippen molar-refractivity contribution in [2.45, 2.75) is 58.7 Å². The Morgan fingerprint density at radius 2 is 2.00 bits per heavy atom. The second kappa shape index (κ2) is 13.1. The number of rotatable bonds is 15. The van der Waals surface area contributed by atoms with Crippen LogP contribution in [0.25, 0.3) is 11.2 Å². The van der Waals surface area contributed by atoms with Crippen molar-refractivity contribution >= 4 is 36.4 Å². The Kier molecular flexibility index (Phi) is 10.1. The Morgan fingerprint density at radius 3 is 2.72 bits per heavy atom. The van der Waals surface area contributed by atoms with Crippen LogP contribution in [0.1, 0.15) is 50.0 Å². The summed E-state index contributed by atoms with van der Waals surface area (Å²) in [7, 11) is -3.75. The van der Waals surface area contributed by atoms with Gasteiger partial charge in [-0.25, -0.2) is 24.8 Å². The number of anilines is 1. The number of carboxylic acids is 1. The van der Waals surface area contributed by atoms with E-state index < -0.39 is 31.1 Å². The van der Waals surface area contributed by atoms with Gasteiger partial charge >= 0.3 is 11.9 Å². The molecule has 13 nitrogen and oxygen atoms in total.